The SMILES string of the molecule is COc1ccc(-c2c(F)cc(CC(F)c3ccc4ccccc4c3)cc2F)cc1. The molecule has 4 aromatic rings. The van der Waals surface area contributed by atoms with Crippen LogP contribution in [-0.4, -0.2) is 7.11 Å². The second kappa shape index (κ2) is 8.00. The van der Waals surface area contributed by atoms with Crippen molar-refractivity contribution in [2.45, 2.75) is 12.6 Å². The van der Waals surface area contributed by atoms with E-state index in [4.69, 9.17) is 4.74 Å². The summed E-state index contributed by atoms with van der Waals surface area (Å²) in [4.78, 5) is 0. The zero-order chi connectivity index (χ0) is 20.4. The van der Waals surface area contributed by atoms with Gasteiger partial charge in [0.15, 0.2) is 0 Å². The summed E-state index contributed by atoms with van der Waals surface area (Å²) in [6, 6.07) is 21.9. The second-order valence-corrected chi connectivity index (χ2v) is 6.94. The van der Waals surface area contributed by atoms with Crippen molar-refractivity contribution in [2.75, 3.05) is 7.11 Å². The smallest absolute Gasteiger partial charge is 0.134 e. The van der Waals surface area contributed by atoms with Crippen LogP contribution in [0.4, 0.5) is 13.2 Å². The maximum atomic E-state index is 14.9. The molecule has 0 aromatic heterocycles. The van der Waals surface area contributed by atoms with Crippen LogP contribution in [0.25, 0.3) is 21.9 Å². The van der Waals surface area contributed by atoms with Gasteiger partial charge in [0.25, 0.3) is 0 Å². The van der Waals surface area contributed by atoms with E-state index in [1.54, 1.807) is 36.4 Å². The summed E-state index contributed by atoms with van der Waals surface area (Å²) in [5.41, 5.74) is 1.04. The summed E-state index contributed by atoms with van der Waals surface area (Å²) in [5, 5.41) is 1.95. The molecular formula is C25H19F3O. The third-order valence-electron chi connectivity index (χ3n) is 5.03. The Bertz CT molecular complexity index is 1130. The normalized spacial score (nSPS) is 12.1. The molecule has 0 saturated carbocycles. The van der Waals surface area contributed by atoms with Crippen molar-refractivity contribution in [1.29, 1.82) is 0 Å². The molecule has 0 radical (unpaired) electrons. The van der Waals surface area contributed by atoms with Gasteiger partial charge < -0.3 is 4.74 Å². The van der Waals surface area contributed by atoms with Gasteiger partial charge in [-0.05, 0) is 57.8 Å². The first-order chi connectivity index (χ1) is 14.0. The van der Waals surface area contributed by atoms with Crippen LogP contribution in [0.3, 0.4) is 0 Å². The van der Waals surface area contributed by atoms with Crippen LogP contribution in [-0.2, 0) is 6.42 Å². The lowest BCUT2D eigenvalue weighted by Gasteiger charge is -2.12. The summed E-state index contributed by atoms with van der Waals surface area (Å²) >= 11 is 0. The molecule has 0 fully saturated rings. The molecule has 4 rings (SSSR count). The minimum absolute atomic E-state index is 0.102. The zero-order valence-corrected chi connectivity index (χ0v) is 15.8. The van der Waals surface area contributed by atoms with E-state index in [-0.39, 0.29) is 17.5 Å². The van der Waals surface area contributed by atoms with Crippen molar-refractivity contribution in [3.8, 4) is 16.9 Å². The minimum Gasteiger partial charge on any atom is -0.497 e. The van der Waals surface area contributed by atoms with Crippen LogP contribution >= 0.6 is 0 Å². The number of hydrogen-bond acceptors (Lipinski definition) is 1. The molecule has 0 aliphatic heterocycles. The van der Waals surface area contributed by atoms with Gasteiger partial charge in [-0.1, -0.05) is 48.5 Å². The standard InChI is InChI=1S/C25H19F3O/c1-29-21-10-8-18(9-11-21)25-23(27)13-16(14-24(25)28)12-22(26)20-7-6-17-4-2-3-5-19(17)15-20/h2-11,13-15,22H,12H2,1H3. The van der Waals surface area contributed by atoms with Crippen LogP contribution in [0.15, 0.2) is 78.9 Å². The minimum atomic E-state index is -1.36. The maximum absolute atomic E-state index is 14.9. The highest BCUT2D eigenvalue weighted by Gasteiger charge is 2.17. The number of benzene rings is 4. The Labute approximate surface area is 167 Å². The van der Waals surface area contributed by atoms with Crippen LogP contribution in [0, 0.1) is 11.6 Å². The van der Waals surface area contributed by atoms with Gasteiger partial charge in [-0.25, -0.2) is 13.2 Å². The highest BCUT2D eigenvalue weighted by atomic mass is 19.1. The predicted molar refractivity (Wildman–Crippen MR) is 110 cm³/mol. The summed E-state index contributed by atoms with van der Waals surface area (Å²) < 4.78 is 49.2. The van der Waals surface area contributed by atoms with E-state index in [2.05, 4.69) is 0 Å². The fourth-order valence-corrected chi connectivity index (χ4v) is 3.50. The Hall–Kier alpha value is -3.27. The summed E-state index contributed by atoms with van der Waals surface area (Å²) in [6.07, 6.45) is -1.46. The quantitative estimate of drug-likeness (QED) is 0.354. The van der Waals surface area contributed by atoms with E-state index in [1.165, 1.54) is 19.2 Å². The van der Waals surface area contributed by atoms with E-state index < -0.39 is 17.8 Å². The van der Waals surface area contributed by atoms with Crippen molar-refractivity contribution < 1.29 is 17.9 Å². The Morgan fingerprint density at radius 3 is 2.10 bits per heavy atom. The molecule has 1 unspecified atom stereocenters. The Morgan fingerprint density at radius 1 is 0.793 bits per heavy atom. The Balaban J connectivity index is 1.59. The third kappa shape index (κ3) is 3.97. The first-order valence-corrected chi connectivity index (χ1v) is 9.30. The highest BCUT2D eigenvalue weighted by Crippen LogP contribution is 2.31. The molecule has 0 aliphatic carbocycles. The number of methoxy groups -OCH3 is 1. The monoisotopic (exact) mass is 392 g/mol. The highest BCUT2D eigenvalue weighted by molar-refractivity contribution is 5.83. The Morgan fingerprint density at radius 2 is 1.45 bits per heavy atom. The van der Waals surface area contributed by atoms with Gasteiger partial charge in [-0.2, -0.15) is 0 Å². The molecule has 1 nitrogen and oxygen atoms in total. The van der Waals surface area contributed by atoms with Crippen molar-refractivity contribution in [3.63, 3.8) is 0 Å². The number of fused-ring (bicyclic) bond motifs is 1. The summed E-state index contributed by atoms with van der Waals surface area (Å²) in [5.74, 6) is -0.825. The van der Waals surface area contributed by atoms with Gasteiger partial charge in [0.1, 0.15) is 23.6 Å². The molecule has 146 valence electrons. The van der Waals surface area contributed by atoms with Crippen molar-refractivity contribution in [2.24, 2.45) is 0 Å². The van der Waals surface area contributed by atoms with E-state index in [1.807, 2.05) is 30.3 Å². The topological polar surface area (TPSA) is 9.23 Å². The third-order valence-corrected chi connectivity index (χ3v) is 5.03. The average molecular weight is 392 g/mol. The molecule has 0 bridgehead atoms. The molecule has 29 heavy (non-hydrogen) atoms. The molecule has 0 amide bonds. The zero-order valence-electron chi connectivity index (χ0n) is 15.8. The van der Waals surface area contributed by atoms with E-state index in [0.717, 1.165) is 10.8 Å². The summed E-state index contributed by atoms with van der Waals surface area (Å²) in [7, 11) is 1.52. The number of hydrogen-bond donors (Lipinski definition) is 0. The van der Waals surface area contributed by atoms with Gasteiger partial charge in [-0.3, -0.25) is 0 Å². The van der Waals surface area contributed by atoms with Crippen molar-refractivity contribution in [3.05, 3.63) is 102 Å². The van der Waals surface area contributed by atoms with Gasteiger partial charge in [0, 0.05) is 6.42 Å². The first kappa shape index (κ1) is 19.1. The second-order valence-electron chi connectivity index (χ2n) is 6.94. The maximum Gasteiger partial charge on any atom is 0.134 e. The van der Waals surface area contributed by atoms with Gasteiger partial charge in [-0.15, -0.1) is 0 Å². The molecule has 1 atom stereocenters. The molecule has 4 aromatic carbocycles. The fourth-order valence-electron chi connectivity index (χ4n) is 3.50. The van der Waals surface area contributed by atoms with Gasteiger partial charge in [0.2, 0.25) is 0 Å². The molecule has 0 saturated heterocycles. The van der Waals surface area contributed by atoms with E-state index >= 15 is 0 Å². The summed E-state index contributed by atoms with van der Waals surface area (Å²) in [6.45, 7) is 0. The number of alkyl halides is 1. The number of ether oxygens (including phenoxy) is 1. The average Bonchev–Trinajstić information content (AvgIpc) is 2.73. The van der Waals surface area contributed by atoms with Gasteiger partial charge in [0.05, 0.1) is 12.7 Å². The van der Waals surface area contributed by atoms with Crippen LogP contribution in [0.1, 0.15) is 17.3 Å². The molecule has 0 aliphatic rings. The molecule has 0 heterocycles. The van der Waals surface area contributed by atoms with Gasteiger partial charge >= 0.3 is 0 Å². The van der Waals surface area contributed by atoms with Crippen molar-refractivity contribution in [1.82, 2.24) is 0 Å². The van der Waals surface area contributed by atoms with Crippen LogP contribution < -0.4 is 4.74 Å². The lowest BCUT2D eigenvalue weighted by molar-refractivity contribution is 0.342. The van der Waals surface area contributed by atoms with E-state index in [0.29, 0.717) is 16.9 Å². The fraction of sp³-hybridized carbons (Fsp3) is 0.120. The number of rotatable bonds is 5. The molecule has 0 N–H and O–H groups in total. The van der Waals surface area contributed by atoms with Crippen LogP contribution in [0.2, 0.25) is 0 Å². The predicted octanol–water partition coefficient (Wildman–Crippen LogP) is 7.05. The molecule has 4 heteroatoms. The van der Waals surface area contributed by atoms with Crippen LogP contribution in [0.5, 0.6) is 5.75 Å². The van der Waals surface area contributed by atoms with E-state index in [9.17, 15) is 13.2 Å². The number of halogens is 3. The Kier molecular flexibility index (Phi) is 5.26. The lowest BCUT2D eigenvalue weighted by atomic mass is 9.97. The molecule has 0 spiro atoms. The first-order valence-electron chi connectivity index (χ1n) is 9.30. The molecular weight excluding hydrogens is 373 g/mol. The largest absolute Gasteiger partial charge is 0.497 e. The van der Waals surface area contributed by atoms with Crippen molar-refractivity contribution >= 4 is 10.8 Å². The lowest BCUT2D eigenvalue weighted by Crippen LogP contribution is -2.00.